The maximum Gasteiger partial charge on any atom is 0.0716 e. The lowest BCUT2D eigenvalue weighted by atomic mass is 9.80. The van der Waals surface area contributed by atoms with Crippen LogP contribution in [0.1, 0.15) is 33.3 Å². The predicted molar refractivity (Wildman–Crippen MR) is 70.3 cm³/mol. The molecule has 0 heterocycles. The smallest absolute Gasteiger partial charge is 0.0716 e. The molecule has 0 spiro atoms. The first-order chi connectivity index (χ1) is 7.56. The van der Waals surface area contributed by atoms with Gasteiger partial charge in [-0.2, -0.15) is 0 Å². The summed E-state index contributed by atoms with van der Waals surface area (Å²) in [5.41, 5.74) is 6.55. The molecule has 1 rings (SSSR count). The van der Waals surface area contributed by atoms with Crippen molar-refractivity contribution in [3.63, 3.8) is 0 Å². The van der Waals surface area contributed by atoms with Crippen LogP contribution in [0.3, 0.4) is 0 Å². The van der Waals surface area contributed by atoms with Gasteiger partial charge in [0.1, 0.15) is 0 Å². The lowest BCUT2D eigenvalue weighted by Gasteiger charge is -2.29. The van der Waals surface area contributed by atoms with E-state index >= 15 is 0 Å². The molecule has 1 atom stereocenters. The number of hydrogen-bond acceptors (Lipinski definition) is 2. The lowest BCUT2D eigenvalue weighted by Crippen LogP contribution is -2.37. The van der Waals surface area contributed by atoms with Crippen LogP contribution in [0.5, 0.6) is 0 Å². The van der Waals surface area contributed by atoms with Gasteiger partial charge in [0.05, 0.1) is 6.10 Å². The molecule has 0 bridgehead atoms. The lowest BCUT2D eigenvalue weighted by molar-refractivity contribution is 0.0578. The van der Waals surface area contributed by atoms with Crippen LogP contribution in [-0.4, -0.2) is 17.8 Å². The third kappa shape index (κ3) is 4.77. The molecule has 1 aromatic rings. The van der Waals surface area contributed by atoms with Gasteiger partial charge in [-0.1, -0.05) is 58.0 Å². The third-order valence-corrected chi connectivity index (χ3v) is 2.63. The fourth-order valence-corrected chi connectivity index (χ4v) is 1.56. The number of nitrogens with two attached hydrogens (primary N) is 1. The van der Waals surface area contributed by atoms with E-state index in [1.807, 2.05) is 45.9 Å². The van der Waals surface area contributed by atoms with Crippen molar-refractivity contribution in [1.29, 1.82) is 0 Å². The van der Waals surface area contributed by atoms with Crippen LogP contribution in [0.25, 0.3) is 0 Å². The fourth-order valence-electron chi connectivity index (χ4n) is 1.56. The highest BCUT2D eigenvalue weighted by atomic mass is 16.3. The zero-order chi connectivity index (χ0) is 12.6. The summed E-state index contributed by atoms with van der Waals surface area (Å²) in [5, 5.41) is 9.72. The molecule has 1 unspecified atom stereocenters. The van der Waals surface area contributed by atoms with E-state index in [1.165, 1.54) is 5.56 Å². The van der Waals surface area contributed by atoms with E-state index in [4.69, 9.17) is 5.73 Å². The largest absolute Gasteiger partial charge is 0.391 e. The van der Waals surface area contributed by atoms with Crippen LogP contribution in [-0.2, 0) is 6.42 Å². The minimum Gasteiger partial charge on any atom is -0.391 e. The van der Waals surface area contributed by atoms with Crippen molar-refractivity contribution >= 4 is 0 Å². The summed E-state index contributed by atoms with van der Waals surface area (Å²) in [6, 6.07) is 10.2. The van der Waals surface area contributed by atoms with Gasteiger partial charge in [0.2, 0.25) is 0 Å². The molecule has 0 amide bonds. The molecule has 3 N–H and O–H groups in total. The summed E-state index contributed by atoms with van der Waals surface area (Å²) in [7, 11) is 0. The molecule has 0 radical (unpaired) electrons. The third-order valence-electron chi connectivity index (χ3n) is 2.63. The molecule has 92 valence electrons. The van der Waals surface area contributed by atoms with Crippen LogP contribution < -0.4 is 5.73 Å². The Morgan fingerprint density at radius 1 is 1.19 bits per heavy atom. The van der Waals surface area contributed by atoms with Gasteiger partial charge in [0.25, 0.3) is 0 Å². The predicted octanol–water partition coefficient (Wildman–Crippen LogP) is 2.60. The summed E-state index contributed by atoms with van der Waals surface area (Å²) >= 11 is 0. The van der Waals surface area contributed by atoms with Gasteiger partial charge in [-0.05, 0) is 17.4 Å². The summed E-state index contributed by atoms with van der Waals surface area (Å²) < 4.78 is 0. The highest BCUT2D eigenvalue weighted by molar-refractivity contribution is 5.16. The first-order valence-corrected chi connectivity index (χ1v) is 5.98. The molecule has 0 fully saturated rings. The molecule has 0 aromatic heterocycles. The van der Waals surface area contributed by atoms with Crippen molar-refractivity contribution in [2.75, 3.05) is 6.54 Å². The topological polar surface area (TPSA) is 46.2 Å². The van der Waals surface area contributed by atoms with Crippen LogP contribution in [0.15, 0.2) is 30.3 Å². The average Bonchev–Trinajstić information content (AvgIpc) is 2.31. The van der Waals surface area contributed by atoms with E-state index < -0.39 is 6.10 Å². The first-order valence-electron chi connectivity index (χ1n) is 5.98. The fraction of sp³-hybridized carbons (Fsp3) is 0.571. The number of aliphatic hydroxyl groups excluding tert-OH is 1. The average molecular weight is 223 g/mol. The van der Waals surface area contributed by atoms with Gasteiger partial charge in [-0.25, -0.2) is 0 Å². The normalized spacial score (nSPS) is 12.6. The second kappa shape index (κ2) is 7.42. The quantitative estimate of drug-likeness (QED) is 0.824. The van der Waals surface area contributed by atoms with Gasteiger partial charge < -0.3 is 10.8 Å². The molecule has 0 aliphatic rings. The molecule has 16 heavy (non-hydrogen) atoms. The van der Waals surface area contributed by atoms with Crippen molar-refractivity contribution in [2.45, 2.75) is 40.2 Å². The maximum atomic E-state index is 9.72. The maximum absolute atomic E-state index is 9.72. The van der Waals surface area contributed by atoms with Gasteiger partial charge in [-0.15, -0.1) is 0 Å². The highest BCUT2D eigenvalue weighted by Gasteiger charge is 2.26. The molecule has 1 aromatic carbocycles. The summed E-state index contributed by atoms with van der Waals surface area (Å²) in [6.45, 7) is 8.40. The van der Waals surface area contributed by atoms with Crippen molar-refractivity contribution < 1.29 is 5.11 Å². The molecule has 0 saturated heterocycles. The van der Waals surface area contributed by atoms with E-state index in [1.54, 1.807) is 0 Å². The van der Waals surface area contributed by atoms with E-state index in [-0.39, 0.29) is 5.41 Å². The highest BCUT2D eigenvalue weighted by Crippen LogP contribution is 2.25. The number of benzene rings is 1. The number of hydrogen-bond donors (Lipinski definition) is 2. The molecule has 0 saturated carbocycles. The minimum atomic E-state index is -0.442. The van der Waals surface area contributed by atoms with Crippen LogP contribution in [0.4, 0.5) is 0 Å². The standard InChI is InChI=1S/C12H19NO.C2H6/c1-12(2,11(14)9-13)8-10-6-4-3-5-7-10;1-2/h3-7,11,14H,8-9,13H2,1-2H3;1-2H3. The van der Waals surface area contributed by atoms with Crippen LogP contribution in [0, 0.1) is 5.41 Å². The van der Waals surface area contributed by atoms with E-state index in [0.29, 0.717) is 6.54 Å². The van der Waals surface area contributed by atoms with Crippen molar-refractivity contribution in [1.82, 2.24) is 0 Å². The van der Waals surface area contributed by atoms with Crippen molar-refractivity contribution in [3.8, 4) is 0 Å². The van der Waals surface area contributed by atoms with Gasteiger partial charge in [0.15, 0.2) is 0 Å². The summed E-state index contributed by atoms with van der Waals surface area (Å²) in [5.74, 6) is 0. The Morgan fingerprint density at radius 3 is 2.12 bits per heavy atom. The van der Waals surface area contributed by atoms with E-state index in [2.05, 4.69) is 12.1 Å². The summed E-state index contributed by atoms with van der Waals surface area (Å²) in [4.78, 5) is 0. The van der Waals surface area contributed by atoms with Gasteiger partial charge in [-0.3, -0.25) is 0 Å². The Bertz CT molecular complexity index is 269. The SMILES string of the molecule is CC.CC(C)(Cc1ccccc1)C(O)CN. The monoisotopic (exact) mass is 223 g/mol. The second-order valence-corrected chi connectivity index (χ2v) is 4.40. The Labute approximate surface area is 99.5 Å². The number of aliphatic hydroxyl groups is 1. The minimum absolute atomic E-state index is 0.157. The molecular weight excluding hydrogens is 198 g/mol. The van der Waals surface area contributed by atoms with Crippen molar-refractivity contribution in [3.05, 3.63) is 35.9 Å². The second-order valence-electron chi connectivity index (χ2n) is 4.40. The molecule has 0 aliphatic carbocycles. The van der Waals surface area contributed by atoms with Gasteiger partial charge in [0, 0.05) is 6.54 Å². The Balaban J connectivity index is 0.00000106. The van der Waals surface area contributed by atoms with Crippen LogP contribution in [0.2, 0.25) is 0 Å². The number of rotatable bonds is 4. The molecule has 0 aliphatic heterocycles. The Hall–Kier alpha value is -0.860. The Morgan fingerprint density at radius 2 is 1.69 bits per heavy atom. The molecule has 2 nitrogen and oxygen atoms in total. The van der Waals surface area contributed by atoms with Crippen molar-refractivity contribution in [2.24, 2.45) is 11.1 Å². The zero-order valence-corrected chi connectivity index (χ0v) is 10.9. The van der Waals surface area contributed by atoms with E-state index in [9.17, 15) is 5.11 Å². The van der Waals surface area contributed by atoms with Gasteiger partial charge >= 0.3 is 0 Å². The molecule has 2 heteroatoms. The first kappa shape index (κ1) is 15.1. The summed E-state index contributed by atoms with van der Waals surface area (Å²) in [6.07, 6.45) is 0.411. The molecular formula is C14H25NO. The van der Waals surface area contributed by atoms with E-state index in [0.717, 1.165) is 6.42 Å². The van der Waals surface area contributed by atoms with Crippen LogP contribution >= 0.6 is 0 Å². The Kier molecular flexibility index (Phi) is 7.02. The zero-order valence-electron chi connectivity index (χ0n) is 10.9.